The molecule has 22 heavy (non-hydrogen) atoms. The van der Waals surface area contributed by atoms with Crippen LogP contribution in [0.2, 0.25) is 0 Å². The second-order valence-electron chi connectivity index (χ2n) is 4.04. The largest absolute Gasteiger partial charge is 0.780 e. The summed E-state index contributed by atoms with van der Waals surface area (Å²) >= 11 is 4.45. The molecule has 0 aliphatic carbocycles. The Morgan fingerprint density at radius 2 is 1.68 bits per heavy atom. The molecule has 0 radical (unpaired) electrons. The molecule has 0 saturated heterocycles. The van der Waals surface area contributed by atoms with Crippen molar-refractivity contribution in [2.75, 3.05) is 27.3 Å². The monoisotopic (exact) mass is 370 g/mol. The Labute approximate surface area is 136 Å². The lowest BCUT2D eigenvalue weighted by atomic mass is 10.3. The molecule has 0 unspecified atom stereocenters. The summed E-state index contributed by atoms with van der Waals surface area (Å²) in [6.07, 6.45) is 0. The first-order valence-electron chi connectivity index (χ1n) is 6.39. The van der Waals surface area contributed by atoms with E-state index in [1.54, 1.807) is 26.0 Å². The molecule has 1 aromatic carbocycles. The van der Waals surface area contributed by atoms with Crippen LogP contribution in [0.25, 0.3) is 0 Å². The molecular weight excluding hydrogens is 349 g/mol. The first-order chi connectivity index (χ1) is 10.1. The maximum atomic E-state index is 11.5. The molecule has 128 valence electrons. The molecule has 1 N–H and O–H groups in total. The van der Waals surface area contributed by atoms with Gasteiger partial charge < -0.3 is 19.0 Å². The van der Waals surface area contributed by atoms with Crippen LogP contribution in [0.15, 0.2) is 29.2 Å². The van der Waals surface area contributed by atoms with E-state index in [2.05, 4.69) is 20.9 Å². The van der Waals surface area contributed by atoms with Gasteiger partial charge in [-0.2, -0.15) is 0 Å². The van der Waals surface area contributed by atoms with Crippen LogP contribution in [-0.4, -0.2) is 45.1 Å². The van der Waals surface area contributed by atoms with Gasteiger partial charge >= 0.3 is 0 Å². The predicted octanol–water partition coefficient (Wildman–Crippen LogP) is 1.29. The maximum absolute atomic E-state index is 11.5. The third kappa shape index (κ3) is 7.15. The molecule has 0 bridgehead atoms. The quantitative estimate of drug-likeness (QED) is 0.753. The Kier molecular flexibility index (Phi) is 9.33. The van der Waals surface area contributed by atoms with Crippen LogP contribution in [0.5, 0.6) is 5.75 Å². The molecule has 0 saturated carbocycles. The molecule has 0 aromatic heterocycles. The fourth-order valence-electron chi connectivity index (χ4n) is 1.23. The van der Waals surface area contributed by atoms with Crippen molar-refractivity contribution in [3.8, 4) is 5.75 Å². The molecule has 1 aromatic rings. The number of phenols is 1. The fraction of sp³-hybridized carbons (Fsp3) is 0.500. The number of para-hydroxylation sites is 1. The summed E-state index contributed by atoms with van der Waals surface area (Å²) in [6.45, 7) is 0.999. The highest BCUT2D eigenvalue weighted by molar-refractivity contribution is 8.06. The number of hydrogen-bond donors (Lipinski definition) is 1. The van der Waals surface area contributed by atoms with E-state index in [0.717, 1.165) is 4.31 Å². The lowest BCUT2D eigenvalue weighted by Crippen LogP contribution is -2.22. The van der Waals surface area contributed by atoms with Gasteiger partial charge in [0.1, 0.15) is 17.4 Å². The molecule has 0 aliphatic rings. The third-order valence-corrected chi connectivity index (χ3v) is 5.84. The van der Waals surface area contributed by atoms with Crippen LogP contribution in [0.4, 0.5) is 0 Å². The molecule has 0 heterocycles. The van der Waals surface area contributed by atoms with Crippen LogP contribution in [0.1, 0.15) is 13.8 Å². The Hall–Kier alpha value is -0.540. The highest BCUT2D eigenvalue weighted by Crippen LogP contribution is 2.37. The first-order valence-corrected chi connectivity index (χ1v) is 10.4. The maximum Gasteiger partial charge on any atom is 0.246 e. The minimum absolute atomic E-state index is 0.0694. The number of nitrogens with zero attached hydrogens (tertiary/aromatic N) is 1. The number of sulfonamides is 1. The lowest BCUT2D eigenvalue weighted by molar-refractivity contribution is -0.205. The van der Waals surface area contributed by atoms with E-state index in [4.69, 9.17) is 0 Å². The summed E-state index contributed by atoms with van der Waals surface area (Å²) in [5.74, 6) is -0.226. The van der Waals surface area contributed by atoms with E-state index in [1.165, 1.54) is 26.2 Å². The minimum Gasteiger partial charge on any atom is -0.780 e. The van der Waals surface area contributed by atoms with Crippen molar-refractivity contribution in [2.24, 2.45) is 0 Å². The van der Waals surface area contributed by atoms with E-state index in [0.29, 0.717) is 13.2 Å². The van der Waals surface area contributed by atoms with E-state index >= 15 is 0 Å². The standard InChI is InChI=1S/C8H11NO3S.C4H11O3PS/c1-9(2)13(11,12)8-6-4-3-5-7(8)10;1-3-6-8(5,9)7-4-2/h3-6,10H,1-2H3;3-4H2,1-2H3,(H,5,9)/p-1. The van der Waals surface area contributed by atoms with Crippen LogP contribution < -0.4 is 4.89 Å². The zero-order valence-corrected chi connectivity index (χ0v) is 15.5. The summed E-state index contributed by atoms with van der Waals surface area (Å²) in [7, 11) is -0.687. The number of benzene rings is 1. The smallest absolute Gasteiger partial charge is 0.246 e. The van der Waals surface area contributed by atoms with Gasteiger partial charge in [-0.3, -0.25) is 0 Å². The van der Waals surface area contributed by atoms with Gasteiger partial charge in [0.25, 0.3) is 0 Å². The van der Waals surface area contributed by atoms with Crippen molar-refractivity contribution in [2.45, 2.75) is 18.7 Å². The topological polar surface area (TPSA) is 99.1 Å². The van der Waals surface area contributed by atoms with Crippen molar-refractivity contribution in [3.63, 3.8) is 0 Å². The molecule has 0 spiro atoms. The van der Waals surface area contributed by atoms with Gasteiger partial charge in [-0.15, -0.1) is 0 Å². The number of rotatable bonds is 6. The second kappa shape index (κ2) is 9.57. The third-order valence-electron chi connectivity index (χ3n) is 2.20. The van der Waals surface area contributed by atoms with Crippen molar-refractivity contribution in [1.29, 1.82) is 0 Å². The highest BCUT2D eigenvalue weighted by Gasteiger charge is 2.20. The molecule has 7 nitrogen and oxygen atoms in total. The zero-order valence-electron chi connectivity index (χ0n) is 12.9. The van der Waals surface area contributed by atoms with E-state index < -0.39 is 16.7 Å². The van der Waals surface area contributed by atoms with Gasteiger partial charge in [-0.05, 0) is 26.0 Å². The Bertz CT molecular complexity index is 595. The Morgan fingerprint density at radius 1 is 1.23 bits per heavy atom. The summed E-state index contributed by atoms with van der Waals surface area (Å²) < 4.78 is 33.3. The normalized spacial score (nSPS) is 11.9. The number of aromatic hydroxyl groups is 1. The van der Waals surface area contributed by atoms with Crippen molar-refractivity contribution in [1.82, 2.24) is 4.31 Å². The van der Waals surface area contributed by atoms with Gasteiger partial charge in [0.15, 0.2) is 0 Å². The van der Waals surface area contributed by atoms with Gasteiger partial charge in [0.2, 0.25) is 10.0 Å². The molecule has 10 heteroatoms. The van der Waals surface area contributed by atoms with Gasteiger partial charge in [-0.25, -0.2) is 12.7 Å². The zero-order chi connectivity index (χ0) is 17.4. The molecular formula is C12H21NO6PS2-. The summed E-state index contributed by atoms with van der Waals surface area (Å²) in [5.41, 5.74) is 0. The van der Waals surface area contributed by atoms with Crippen LogP contribution in [-0.2, 0) is 30.9 Å². The SMILES string of the molecule is CCOP([O-])(=S)OCC.CN(C)S(=O)(=O)c1ccccc1O. The average molecular weight is 370 g/mol. The fourth-order valence-corrected chi connectivity index (χ4v) is 3.54. The van der Waals surface area contributed by atoms with E-state index in [-0.39, 0.29) is 10.6 Å². The van der Waals surface area contributed by atoms with Crippen LogP contribution in [0, 0.1) is 0 Å². The van der Waals surface area contributed by atoms with Crippen molar-refractivity contribution < 1.29 is 27.5 Å². The van der Waals surface area contributed by atoms with E-state index in [1.807, 2.05) is 0 Å². The second-order valence-corrected chi connectivity index (χ2v) is 8.91. The van der Waals surface area contributed by atoms with Crippen molar-refractivity contribution in [3.05, 3.63) is 24.3 Å². The highest BCUT2D eigenvalue weighted by atomic mass is 32.5. The minimum atomic E-state index is -3.52. The summed E-state index contributed by atoms with van der Waals surface area (Å²) in [4.78, 5) is 10.7. The molecule has 0 amide bonds. The number of hydrogen-bond acceptors (Lipinski definition) is 7. The Balaban J connectivity index is 0.000000433. The first kappa shape index (κ1) is 21.5. The number of phenolic OH excluding ortho intramolecular Hbond substituents is 1. The summed E-state index contributed by atoms with van der Waals surface area (Å²) in [6, 6.07) is 5.85. The molecule has 1 rings (SSSR count). The predicted molar refractivity (Wildman–Crippen MR) is 86.5 cm³/mol. The van der Waals surface area contributed by atoms with Gasteiger partial charge in [0.05, 0.1) is 13.2 Å². The summed E-state index contributed by atoms with van der Waals surface area (Å²) in [5, 5.41) is 9.29. The lowest BCUT2D eigenvalue weighted by Gasteiger charge is -2.25. The molecule has 0 aliphatic heterocycles. The molecule has 0 fully saturated rings. The van der Waals surface area contributed by atoms with E-state index in [9.17, 15) is 18.4 Å². The van der Waals surface area contributed by atoms with Crippen LogP contribution in [0.3, 0.4) is 0 Å². The average Bonchev–Trinajstić information content (AvgIpc) is 2.39. The van der Waals surface area contributed by atoms with Gasteiger partial charge in [0, 0.05) is 14.1 Å². The van der Waals surface area contributed by atoms with Crippen LogP contribution >= 0.6 is 6.72 Å². The molecule has 0 atom stereocenters. The van der Waals surface area contributed by atoms with Gasteiger partial charge in [-0.1, -0.05) is 23.9 Å². The Morgan fingerprint density at radius 3 is 2.05 bits per heavy atom. The van der Waals surface area contributed by atoms with Crippen molar-refractivity contribution >= 4 is 28.5 Å².